The van der Waals surface area contributed by atoms with Gasteiger partial charge in [-0.05, 0) is 36.0 Å². The van der Waals surface area contributed by atoms with Crippen molar-refractivity contribution in [3.05, 3.63) is 0 Å². The molecule has 0 aromatic rings. The Hall–Kier alpha value is 0. The Kier molecular flexibility index (Phi) is 2.32. The van der Waals surface area contributed by atoms with Crippen LogP contribution in [0.2, 0.25) is 0 Å². The third-order valence-electron chi connectivity index (χ3n) is 3.72. The highest BCUT2D eigenvalue weighted by Gasteiger charge is 2.44. The summed E-state index contributed by atoms with van der Waals surface area (Å²) in [5.41, 5.74) is 0.629. The standard InChI is InChI=1S/C11H22/c1-8(2)6-10-7-9(3)11(10,4)5/h8-10H,6-7H2,1-5H3. The van der Waals surface area contributed by atoms with Crippen LogP contribution in [0.15, 0.2) is 0 Å². The molecule has 0 heterocycles. The van der Waals surface area contributed by atoms with E-state index in [0.717, 1.165) is 17.8 Å². The van der Waals surface area contributed by atoms with Crippen LogP contribution in [-0.2, 0) is 0 Å². The maximum Gasteiger partial charge on any atom is -0.0300 e. The Balaban J connectivity index is 2.40. The summed E-state index contributed by atoms with van der Waals surface area (Å²) in [6, 6.07) is 0. The molecule has 1 fully saturated rings. The summed E-state index contributed by atoms with van der Waals surface area (Å²) in [6.45, 7) is 11.9. The van der Waals surface area contributed by atoms with Gasteiger partial charge in [-0.3, -0.25) is 0 Å². The molecule has 0 aromatic heterocycles. The van der Waals surface area contributed by atoms with E-state index in [1.165, 1.54) is 12.8 Å². The highest BCUT2D eigenvalue weighted by atomic mass is 14.5. The van der Waals surface area contributed by atoms with Gasteiger partial charge in [0, 0.05) is 0 Å². The molecule has 1 rings (SSSR count). The first-order chi connectivity index (χ1) is 4.94. The van der Waals surface area contributed by atoms with Crippen LogP contribution in [0.1, 0.15) is 47.5 Å². The molecule has 0 nitrogen and oxygen atoms in total. The van der Waals surface area contributed by atoms with Gasteiger partial charge in [0.15, 0.2) is 0 Å². The second kappa shape index (κ2) is 2.80. The van der Waals surface area contributed by atoms with Crippen LogP contribution in [0.4, 0.5) is 0 Å². The molecule has 0 amide bonds. The Bertz CT molecular complexity index is 133. The smallest absolute Gasteiger partial charge is 0.0300 e. The van der Waals surface area contributed by atoms with E-state index in [0.29, 0.717) is 5.41 Å². The van der Waals surface area contributed by atoms with E-state index >= 15 is 0 Å². The minimum Gasteiger partial charge on any atom is -0.0628 e. The van der Waals surface area contributed by atoms with Crippen molar-refractivity contribution in [2.24, 2.45) is 23.2 Å². The zero-order valence-corrected chi connectivity index (χ0v) is 8.65. The fourth-order valence-corrected chi connectivity index (χ4v) is 2.25. The van der Waals surface area contributed by atoms with Crippen molar-refractivity contribution in [3.63, 3.8) is 0 Å². The zero-order valence-electron chi connectivity index (χ0n) is 8.65. The Morgan fingerprint density at radius 3 is 2.18 bits per heavy atom. The van der Waals surface area contributed by atoms with Crippen molar-refractivity contribution in [1.82, 2.24) is 0 Å². The zero-order chi connectivity index (χ0) is 8.65. The SMILES string of the molecule is CC(C)CC1CC(C)C1(C)C. The predicted octanol–water partition coefficient (Wildman–Crippen LogP) is 3.71. The largest absolute Gasteiger partial charge is 0.0628 e. The van der Waals surface area contributed by atoms with Crippen LogP contribution in [-0.4, -0.2) is 0 Å². The molecule has 1 aliphatic rings. The molecule has 0 heteroatoms. The van der Waals surface area contributed by atoms with Gasteiger partial charge in [0.25, 0.3) is 0 Å². The van der Waals surface area contributed by atoms with E-state index in [4.69, 9.17) is 0 Å². The highest BCUT2D eigenvalue weighted by molar-refractivity contribution is 4.94. The van der Waals surface area contributed by atoms with E-state index in [9.17, 15) is 0 Å². The Morgan fingerprint density at radius 2 is 1.91 bits per heavy atom. The molecule has 0 bridgehead atoms. The van der Waals surface area contributed by atoms with Crippen LogP contribution >= 0.6 is 0 Å². The predicted molar refractivity (Wildman–Crippen MR) is 50.5 cm³/mol. The molecule has 1 saturated carbocycles. The fraction of sp³-hybridized carbons (Fsp3) is 1.00. The van der Waals surface area contributed by atoms with Crippen LogP contribution in [0.5, 0.6) is 0 Å². The lowest BCUT2D eigenvalue weighted by atomic mass is 9.54. The summed E-state index contributed by atoms with van der Waals surface area (Å²) in [4.78, 5) is 0. The first-order valence-corrected chi connectivity index (χ1v) is 4.94. The van der Waals surface area contributed by atoms with E-state index < -0.39 is 0 Å². The molecule has 0 spiro atoms. The Labute approximate surface area is 71.4 Å². The summed E-state index contributed by atoms with van der Waals surface area (Å²) in [6.07, 6.45) is 2.89. The maximum atomic E-state index is 2.42. The van der Waals surface area contributed by atoms with Crippen molar-refractivity contribution in [2.75, 3.05) is 0 Å². The summed E-state index contributed by atoms with van der Waals surface area (Å²) >= 11 is 0. The molecule has 0 radical (unpaired) electrons. The third kappa shape index (κ3) is 1.60. The van der Waals surface area contributed by atoms with Gasteiger partial charge in [0.1, 0.15) is 0 Å². The van der Waals surface area contributed by atoms with Gasteiger partial charge in [-0.1, -0.05) is 34.6 Å². The van der Waals surface area contributed by atoms with E-state index in [1.54, 1.807) is 0 Å². The van der Waals surface area contributed by atoms with Crippen LogP contribution in [0, 0.1) is 23.2 Å². The first kappa shape index (κ1) is 9.09. The maximum absolute atomic E-state index is 2.42. The molecular formula is C11H22. The van der Waals surface area contributed by atoms with E-state index in [1.807, 2.05) is 0 Å². The lowest BCUT2D eigenvalue weighted by Crippen LogP contribution is -2.43. The molecule has 0 aliphatic heterocycles. The Morgan fingerprint density at radius 1 is 1.36 bits per heavy atom. The summed E-state index contributed by atoms with van der Waals surface area (Å²) in [7, 11) is 0. The first-order valence-electron chi connectivity index (χ1n) is 4.94. The summed E-state index contributed by atoms with van der Waals surface area (Å²) in [5.74, 6) is 2.83. The van der Waals surface area contributed by atoms with Crippen molar-refractivity contribution in [3.8, 4) is 0 Å². The number of hydrogen-bond donors (Lipinski definition) is 0. The van der Waals surface area contributed by atoms with Gasteiger partial charge in [-0.2, -0.15) is 0 Å². The molecule has 66 valence electrons. The van der Waals surface area contributed by atoms with Gasteiger partial charge in [-0.15, -0.1) is 0 Å². The van der Waals surface area contributed by atoms with Crippen molar-refractivity contribution in [1.29, 1.82) is 0 Å². The van der Waals surface area contributed by atoms with Crippen LogP contribution in [0.3, 0.4) is 0 Å². The van der Waals surface area contributed by atoms with Crippen molar-refractivity contribution >= 4 is 0 Å². The van der Waals surface area contributed by atoms with Gasteiger partial charge in [-0.25, -0.2) is 0 Å². The molecule has 1 aliphatic carbocycles. The average molecular weight is 154 g/mol. The third-order valence-corrected chi connectivity index (χ3v) is 3.72. The average Bonchev–Trinajstić information content (AvgIpc) is 1.87. The normalized spacial score (nSPS) is 35.5. The van der Waals surface area contributed by atoms with Gasteiger partial charge >= 0.3 is 0 Å². The molecule has 2 unspecified atom stereocenters. The summed E-state index contributed by atoms with van der Waals surface area (Å²) < 4.78 is 0. The number of rotatable bonds is 2. The minimum absolute atomic E-state index is 0.629. The second-order valence-corrected chi connectivity index (χ2v) is 5.28. The number of hydrogen-bond acceptors (Lipinski definition) is 0. The van der Waals surface area contributed by atoms with E-state index in [-0.39, 0.29) is 0 Å². The lowest BCUT2D eigenvalue weighted by molar-refractivity contribution is -0.0204. The highest BCUT2D eigenvalue weighted by Crippen LogP contribution is 2.53. The van der Waals surface area contributed by atoms with Crippen molar-refractivity contribution < 1.29 is 0 Å². The van der Waals surface area contributed by atoms with Crippen LogP contribution in [0.25, 0.3) is 0 Å². The minimum atomic E-state index is 0.629. The fourth-order valence-electron chi connectivity index (χ4n) is 2.25. The van der Waals surface area contributed by atoms with Crippen molar-refractivity contribution in [2.45, 2.75) is 47.5 Å². The monoisotopic (exact) mass is 154 g/mol. The topological polar surface area (TPSA) is 0 Å². The van der Waals surface area contributed by atoms with Gasteiger partial charge in [0.05, 0.1) is 0 Å². The van der Waals surface area contributed by atoms with E-state index in [2.05, 4.69) is 34.6 Å². The van der Waals surface area contributed by atoms with Crippen LogP contribution < -0.4 is 0 Å². The van der Waals surface area contributed by atoms with Gasteiger partial charge in [0.2, 0.25) is 0 Å². The quantitative estimate of drug-likeness (QED) is 0.568. The molecular weight excluding hydrogens is 132 g/mol. The molecule has 0 saturated heterocycles. The molecule has 2 atom stereocenters. The molecule has 11 heavy (non-hydrogen) atoms. The second-order valence-electron chi connectivity index (χ2n) is 5.28. The lowest BCUT2D eigenvalue weighted by Gasteiger charge is -2.52. The van der Waals surface area contributed by atoms with Gasteiger partial charge < -0.3 is 0 Å². The molecule has 0 aromatic carbocycles. The molecule has 0 N–H and O–H groups in total. The summed E-state index contributed by atoms with van der Waals surface area (Å²) in [5, 5.41) is 0.